The Morgan fingerprint density at radius 1 is 0.935 bits per heavy atom. The first-order valence-corrected chi connectivity index (χ1v) is 10.8. The minimum atomic E-state index is -0.644. The third kappa shape index (κ3) is 6.41. The van der Waals surface area contributed by atoms with Gasteiger partial charge in [-0.25, -0.2) is 0 Å². The summed E-state index contributed by atoms with van der Waals surface area (Å²) in [6, 6.07) is 17.1. The van der Waals surface area contributed by atoms with E-state index in [1.807, 2.05) is 42.5 Å². The van der Waals surface area contributed by atoms with E-state index >= 15 is 0 Å². The fourth-order valence-electron chi connectivity index (χ4n) is 3.93. The molecule has 2 amide bonds. The second kappa shape index (κ2) is 10.8. The fourth-order valence-corrected chi connectivity index (χ4v) is 3.93. The summed E-state index contributed by atoms with van der Waals surface area (Å²) in [5.74, 6) is -0.345. The van der Waals surface area contributed by atoms with Gasteiger partial charge in [-0.15, -0.1) is 0 Å². The third-order valence-electron chi connectivity index (χ3n) is 6.06. The van der Waals surface area contributed by atoms with Gasteiger partial charge < -0.3 is 15.4 Å². The van der Waals surface area contributed by atoms with E-state index in [4.69, 9.17) is 4.74 Å². The van der Waals surface area contributed by atoms with Gasteiger partial charge in [0.2, 0.25) is 0 Å². The van der Waals surface area contributed by atoms with Crippen LogP contribution in [-0.2, 0) is 14.3 Å². The number of ether oxygens (including phenoxy) is 1. The van der Waals surface area contributed by atoms with Crippen LogP contribution in [0.15, 0.2) is 54.6 Å². The van der Waals surface area contributed by atoms with Gasteiger partial charge in [0.1, 0.15) is 6.54 Å². The standard InChI is InChI=1S/C25H30N2O4/c1-17-7-6-10-22(18(17)2)27-23(28)16-31-24(29)15-26-25(30)21-13-11-20(12-14-21)19-8-4-3-5-9-19/h3-5,8-9,11-14,17-18,22H,6-7,10,15-16H2,1-2H3,(H,26,30)(H,27,28)/t17-,18-,22-/m1/s1. The minimum Gasteiger partial charge on any atom is -0.454 e. The Kier molecular flexibility index (Phi) is 7.82. The molecule has 31 heavy (non-hydrogen) atoms. The normalized spacial score (nSPS) is 20.5. The van der Waals surface area contributed by atoms with E-state index in [1.165, 1.54) is 6.42 Å². The third-order valence-corrected chi connectivity index (χ3v) is 6.06. The van der Waals surface area contributed by atoms with Crippen molar-refractivity contribution >= 4 is 17.8 Å². The van der Waals surface area contributed by atoms with Crippen molar-refractivity contribution in [2.45, 2.75) is 39.2 Å². The number of amides is 2. The Balaban J connectivity index is 1.40. The molecule has 2 aromatic carbocycles. The summed E-state index contributed by atoms with van der Waals surface area (Å²) >= 11 is 0. The SMILES string of the molecule is C[C@@H]1[C@H](C)CCC[C@H]1NC(=O)COC(=O)CNC(=O)c1ccc(-c2ccccc2)cc1. The molecule has 0 radical (unpaired) electrons. The van der Waals surface area contributed by atoms with E-state index in [1.54, 1.807) is 12.1 Å². The molecular formula is C25H30N2O4. The van der Waals surface area contributed by atoms with Crippen LogP contribution in [0.25, 0.3) is 11.1 Å². The lowest BCUT2D eigenvalue weighted by atomic mass is 9.78. The maximum Gasteiger partial charge on any atom is 0.325 e. The van der Waals surface area contributed by atoms with Crippen molar-refractivity contribution in [2.75, 3.05) is 13.2 Å². The van der Waals surface area contributed by atoms with Gasteiger partial charge in [0.25, 0.3) is 11.8 Å². The van der Waals surface area contributed by atoms with Crippen molar-refractivity contribution in [1.29, 1.82) is 0 Å². The molecule has 6 heteroatoms. The number of hydrogen-bond acceptors (Lipinski definition) is 4. The Bertz CT molecular complexity index is 895. The van der Waals surface area contributed by atoms with Crippen LogP contribution >= 0.6 is 0 Å². The lowest BCUT2D eigenvalue weighted by Crippen LogP contribution is -2.45. The highest BCUT2D eigenvalue weighted by molar-refractivity contribution is 5.96. The molecule has 0 spiro atoms. The number of hydrogen-bond donors (Lipinski definition) is 2. The van der Waals surface area contributed by atoms with Crippen LogP contribution in [0.4, 0.5) is 0 Å². The zero-order valence-corrected chi connectivity index (χ0v) is 18.1. The summed E-state index contributed by atoms with van der Waals surface area (Å²) in [5, 5.41) is 5.49. The van der Waals surface area contributed by atoms with Gasteiger partial charge in [0.05, 0.1) is 0 Å². The summed E-state index contributed by atoms with van der Waals surface area (Å²) in [6.45, 7) is 3.71. The summed E-state index contributed by atoms with van der Waals surface area (Å²) in [4.78, 5) is 36.3. The van der Waals surface area contributed by atoms with Gasteiger partial charge in [-0.05, 0) is 41.5 Å². The lowest BCUT2D eigenvalue weighted by molar-refractivity contribution is -0.147. The van der Waals surface area contributed by atoms with Crippen LogP contribution in [-0.4, -0.2) is 37.0 Å². The predicted molar refractivity (Wildman–Crippen MR) is 119 cm³/mol. The number of benzene rings is 2. The van der Waals surface area contributed by atoms with Gasteiger partial charge in [-0.3, -0.25) is 14.4 Å². The highest BCUT2D eigenvalue weighted by Gasteiger charge is 2.28. The second-order valence-electron chi connectivity index (χ2n) is 8.23. The molecule has 2 aromatic rings. The molecule has 1 fully saturated rings. The van der Waals surface area contributed by atoms with Gasteiger partial charge in [-0.2, -0.15) is 0 Å². The van der Waals surface area contributed by atoms with Crippen molar-refractivity contribution in [1.82, 2.24) is 10.6 Å². The number of carbonyl (C=O) groups excluding carboxylic acids is 3. The second-order valence-corrected chi connectivity index (χ2v) is 8.23. The largest absolute Gasteiger partial charge is 0.454 e. The first-order chi connectivity index (χ1) is 14.9. The average molecular weight is 423 g/mol. The molecule has 0 bridgehead atoms. The van der Waals surface area contributed by atoms with E-state index in [0.29, 0.717) is 17.4 Å². The van der Waals surface area contributed by atoms with Crippen molar-refractivity contribution in [3.63, 3.8) is 0 Å². The molecule has 164 valence electrons. The zero-order chi connectivity index (χ0) is 22.2. The first kappa shape index (κ1) is 22.5. The summed E-state index contributed by atoms with van der Waals surface area (Å²) in [5.41, 5.74) is 2.52. The number of rotatable bonds is 7. The monoisotopic (exact) mass is 422 g/mol. The first-order valence-electron chi connectivity index (χ1n) is 10.8. The predicted octanol–water partition coefficient (Wildman–Crippen LogP) is 3.57. The van der Waals surface area contributed by atoms with Crippen LogP contribution in [0, 0.1) is 11.8 Å². The van der Waals surface area contributed by atoms with Crippen LogP contribution in [0.3, 0.4) is 0 Å². The van der Waals surface area contributed by atoms with E-state index in [2.05, 4.69) is 24.5 Å². The quantitative estimate of drug-likeness (QED) is 0.668. The average Bonchev–Trinajstić information content (AvgIpc) is 2.80. The zero-order valence-electron chi connectivity index (χ0n) is 18.1. The maximum atomic E-state index is 12.3. The van der Waals surface area contributed by atoms with E-state index < -0.39 is 5.97 Å². The molecule has 3 atom stereocenters. The molecule has 1 saturated carbocycles. The van der Waals surface area contributed by atoms with E-state index in [9.17, 15) is 14.4 Å². The maximum absolute atomic E-state index is 12.3. The number of esters is 1. The molecule has 0 aromatic heterocycles. The molecule has 0 heterocycles. The molecule has 2 N–H and O–H groups in total. The van der Waals surface area contributed by atoms with Crippen molar-refractivity contribution in [2.24, 2.45) is 11.8 Å². The molecule has 0 unspecified atom stereocenters. The highest BCUT2D eigenvalue weighted by Crippen LogP contribution is 2.29. The molecule has 6 nitrogen and oxygen atoms in total. The molecular weight excluding hydrogens is 392 g/mol. The number of carbonyl (C=O) groups is 3. The summed E-state index contributed by atoms with van der Waals surface area (Å²) < 4.78 is 5.00. The van der Waals surface area contributed by atoms with Crippen molar-refractivity contribution in [3.05, 3.63) is 60.2 Å². The molecule has 0 aliphatic heterocycles. The Hall–Kier alpha value is -3.15. The Labute approximate surface area is 183 Å². The van der Waals surface area contributed by atoms with Crippen LogP contribution in [0.2, 0.25) is 0 Å². The molecule has 3 rings (SSSR count). The lowest BCUT2D eigenvalue weighted by Gasteiger charge is -2.34. The molecule has 1 aliphatic carbocycles. The van der Waals surface area contributed by atoms with Crippen molar-refractivity contribution in [3.8, 4) is 11.1 Å². The van der Waals surface area contributed by atoms with Crippen LogP contribution in [0.5, 0.6) is 0 Å². The molecule has 1 aliphatic rings. The van der Waals surface area contributed by atoms with Gasteiger partial charge in [-0.1, -0.05) is 69.2 Å². The van der Waals surface area contributed by atoms with Gasteiger partial charge in [0.15, 0.2) is 6.61 Å². The smallest absolute Gasteiger partial charge is 0.325 e. The van der Waals surface area contributed by atoms with Gasteiger partial charge >= 0.3 is 5.97 Å². The van der Waals surface area contributed by atoms with Crippen molar-refractivity contribution < 1.29 is 19.1 Å². The van der Waals surface area contributed by atoms with Crippen LogP contribution < -0.4 is 10.6 Å². The topological polar surface area (TPSA) is 84.5 Å². The minimum absolute atomic E-state index is 0.119. The molecule has 0 saturated heterocycles. The Morgan fingerprint density at radius 2 is 1.61 bits per heavy atom. The number of nitrogens with one attached hydrogen (secondary N) is 2. The summed E-state index contributed by atoms with van der Waals surface area (Å²) in [7, 11) is 0. The van der Waals surface area contributed by atoms with E-state index in [0.717, 1.165) is 24.0 Å². The highest BCUT2D eigenvalue weighted by atomic mass is 16.5. The Morgan fingerprint density at radius 3 is 2.32 bits per heavy atom. The van der Waals surface area contributed by atoms with Gasteiger partial charge in [0, 0.05) is 11.6 Å². The fraction of sp³-hybridized carbons (Fsp3) is 0.400. The summed E-state index contributed by atoms with van der Waals surface area (Å²) in [6.07, 6.45) is 3.22. The van der Waals surface area contributed by atoms with Crippen LogP contribution in [0.1, 0.15) is 43.5 Å². The van der Waals surface area contributed by atoms with E-state index in [-0.39, 0.29) is 31.0 Å².